The molecule has 1 aromatic rings. The van der Waals surface area contributed by atoms with Crippen molar-refractivity contribution in [2.45, 2.75) is 31.9 Å². The number of nitrogens with one attached hydrogen (secondary N) is 1. The molecule has 0 spiro atoms. The summed E-state index contributed by atoms with van der Waals surface area (Å²) in [7, 11) is 0. The van der Waals surface area contributed by atoms with Crippen molar-refractivity contribution in [3.63, 3.8) is 0 Å². The number of ether oxygens (including phenoxy) is 1. The number of hydrogen-bond donors (Lipinski definition) is 1. The molecule has 1 heterocycles. The van der Waals surface area contributed by atoms with Gasteiger partial charge in [0.2, 0.25) is 5.91 Å². The van der Waals surface area contributed by atoms with Crippen LogP contribution in [0.5, 0.6) is 5.75 Å². The number of halogens is 3. The SMILES string of the molecule is O=C1CCC(Cc2cc(Br)ccc2OC(F)F)N1. The van der Waals surface area contributed by atoms with Gasteiger partial charge in [0.05, 0.1) is 0 Å². The van der Waals surface area contributed by atoms with E-state index in [4.69, 9.17) is 0 Å². The summed E-state index contributed by atoms with van der Waals surface area (Å²) in [6.45, 7) is -2.84. The van der Waals surface area contributed by atoms with Gasteiger partial charge in [-0.15, -0.1) is 0 Å². The van der Waals surface area contributed by atoms with Crippen LogP contribution in [0.2, 0.25) is 0 Å². The van der Waals surface area contributed by atoms with Crippen LogP contribution in [0.3, 0.4) is 0 Å². The van der Waals surface area contributed by atoms with E-state index >= 15 is 0 Å². The Hall–Kier alpha value is -1.17. The summed E-state index contributed by atoms with van der Waals surface area (Å²) in [5.74, 6) is 0.167. The van der Waals surface area contributed by atoms with E-state index in [0.717, 1.165) is 10.9 Å². The molecule has 1 aromatic carbocycles. The van der Waals surface area contributed by atoms with Crippen LogP contribution in [-0.2, 0) is 11.2 Å². The van der Waals surface area contributed by atoms with E-state index in [1.54, 1.807) is 12.1 Å². The zero-order chi connectivity index (χ0) is 13.1. The van der Waals surface area contributed by atoms with Crippen LogP contribution in [0.15, 0.2) is 22.7 Å². The first kappa shape index (κ1) is 13.3. The third kappa shape index (κ3) is 3.41. The second-order valence-electron chi connectivity index (χ2n) is 4.14. The molecular weight excluding hydrogens is 308 g/mol. The molecule has 1 fully saturated rings. The number of hydrogen-bond acceptors (Lipinski definition) is 2. The predicted molar refractivity (Wildman–Crippen MR) is 65.6 cm³/mol. The number of benzene rings is 1. The summed E-state index contributed by atoms with van der Waals surface area (Å²) >= 11 is 3.29. The van der Waals surface area contributed by atoms with Crippen LogP contribution >= 0.6 is 15.9 Å². The van der Waals surface area contributed by atoms with E-state index in [1.807, 2.05) is 0 Å². The summed E-state index contributed by atoms with van der Waals surface area (Å²) in [5, 5.41) is 2.81. The number of amides is 1. The molecule has 98 valence electrons. The van der Waals surface area contributed by atoms with Crippen molar-refractivity contribution in [2.75, 3.05) is 0 Å². The Morgan fingerprint density at radius 3 is 2.89 bits per heavy atom. The third-order valence-corrected chi connectivity index (χ3v) is 3.28. The van der Waals surface area contributed by atoms with Crippen LogP contribution in [0.1, 0.15) is 18.4 Å². The molecule has 1 amide bonds. The molecule has 6 heteroatoms. The van der Waals surface area contributed by atoms with Gasteiger partial charge < -0.3 is 10.1 Å². The topological polar surface area (TPSA) is 38.3 Å². The Morgan fingerprint density at radius 2 is 2.28 bits per heavy atom. The Morgan fingerprint density at radius 1 is 1.50 bits per heavy atom. The zero-order valence-electron chi connectivity index (χ0n) is 9.46. The van der Waals surface area contributed by atoms with Gasteiger partial charge in [-0.2, -0.15) is 8.78 Å². The smallest absolute Gasteiger partial charge is 0.387 e. The molecule has 3 nitrogen and oxygen atoms in total. The lowest BCUT2D eigenvalue weighted by molar-refractivity contribution is -0.119. The fourth-order valence-corrected chi connectivity index (χ4v) is 2.42. The molecular formula is C12H12BrF2NO2. The van der Waals surface area contributed by atoms with Gasteiger partial charge in [-0.25, -0.2) is 0 Å². The van der Waals surface area contributed by atoms with Gasteiger partial charge in [-0.3, -0.25) is 4.79 Å². The van der Waals surface area contributed by atoms with Gasteiger partial charge in [0, 0.05) is 16.9 Å². The third-order valence-electron chi connectivity index (χ3n) is 2.79. The lowest BCUT2D eigenvalue weighted by Gasteiger charge is -2.14. The highest BCUT2D eigenvalue weighted by atomic mass is 79.9. The van der Waals surface area contributed by atoms with Gasteiger partial charge in [-0.05, 0) is 36.6 Å². The van der Waals surface area contributed by atoms with Crippen molar-refractivity contribution in [3.8, 4) is 5.75 Å². The van der Waals surface area contributed by atoms with Crippen molar-refractivity contribution in [3.05, 3.63) is 28.2 Å². The predicted octanol–water partition coefficient (Wildman–Crippen LogP) is 2.87. The van der Waals surface area contributed by atoms with Crippen molar-refractivity contribution in [1.82, 2.24) is 5.32 Å². The van der Waals surface area contributed by atoms with Gasteiger partial charge in [-0.1, -0.05) is 15.9 Å². The quantitative estimate of drug-likeness (QED) is 0.926. The maximum atomic E-state index is 12.3. The number of alkyl halides is 2. The maximum Gasteiger partial charge on any atom is 0.387 e. The molecule has 2 rings (SSSR count). The molecule has 0 radical (unpaired) electrons. The van der Waals surface area contributed by atoms with E-state index in [0.29, 0.717) is 18.4 Å². The molecule has 1 N–H and O–H groups in total. The largest absolute Gasteiger partial charge is 0.435 e. The lowest BCUT2D eigenvalue weighted by atomic mass is 10.0. The Bertz CT molecular complexity index is 454. The zero-order valence-corrected chi connectivity index (χ0v) is 11.0. The first-order valence-electron chi connectivity index (χ1n) is 5.57. The summed E-state index contributed by atoms with van der Waals surface area (Å²) in [6, 6.07) is 4.88. The van der Waals surface area contributed by atoms with Crippen molar-refractivity contribution >= 4 is 21.8 Å². The second-order valence-corrected chi connectivity index (χ2v) is 5.05. The first-order chi connectivity index (χ1) is 8.54. The van der Waals surface area contributed by atoms with Gasteiger partial charge in [0.15, 0.2) is 0 Å². The van der Waals surface area contributed by atoms with Crippen molar-refractivity contribution in [2.24, 2.45) is 0 Å². The normalized spacial score (nSPS) is 19.1. The fraction of sp³-hybridized carbons (Fsp3) is 0.417. The molecule has 1 atom stereocenters. The van der Waals surface area contributed by atoms with E-state index in [1.165, 1.54) is 6.07 Å². The Balaban J connectivity index is 2.14. The minimum Gasteiger partial charge on any atom is -0.435 e. The summed E-state index contributed by atoms with van der Waals surface area (Å²) in [5.41, 5.74) is 0.664. The summed E-state index contributed by atoms with van der Waals surface area (Å²) in [6.07, 6.45) is 1.70. The minimum atomic E-state index is -2.84. The average molecular weight is 320 g/mol. The number of carbonyl (C=O) groups excluding carboxylic acids is 1. The minimum absolute atomic E-state index is 0.00586. The molecule has 0 bridgehead atoms. The standard InChI is InChI=1S/C12H12BrF2NO2/c13-8-1-3-10(18-12(14)15)7(5-8)6-9-2-4-11(17)16-9/h1,3,5,9,12H,2,4,6H2,(H,16,17). The van der Waals surface area contributed by atoms with Gasteiger partial charge in [0.1, 0.15) is 5.75 Å². The molecule has 0 saturated carbocycles. The average Bonchev–Trinajstić information content (AvgIpc) is 2.67. The fourth-order valence-electron chi connectivity index (χ4n) is 2.01. The highest BCUT2D eigenvalue weighted by molar-refractivity contribution is 9.10. The number of carbonyl (C=O) groups is 1. The van der Waals surface area contributed by atoms with E-state index in [2.05, 4.69) is 26.0 Å². The van der Waals surface area contributed by atoms with E-state index in [9.17, 15) is 13.6 Å². The lowest BCUT2D eigenvalue weighted by Crippen LogP contribution is -2.27. The first-order valence-corrected chi connectivity index (χ1v) is 6.36. The molecule has 0 aromatic heterocycles. The van der Waals surface area contributed by atoms with Crippen LogP contribution in [0.4, 0.5) is 8.78 Å². The Labute approximate surface area is 112 Å². The molecule has 0 aliphatic carbocycles. The monoisotopic (exact) mass is 319 g/mol. The molecule has 1 unspecified atom stereocenters. The number of rotatable bonds is 4. The van der Waals surface area contributed by atoms with Crippen molar-refractivity contribution in [1.29, 1.82) is 0 Å². The molecule has 1 saturated heterocycles. The molecule has 1 aliphatic heterocycles. The highest BCUT2D eigenvalue weighted by Crippen LogP contribution is 2.27. The van der Waals surface area contributed by atoms with Gasteiger partial charge in [0.25, 0.3) is 0 Å². The van der Waals surface area contributed by atoms with E-state index < -0.39 is 6.61 Å². The van der Waals surface area contributed by atoms with E-state index in [-0.39, 0.29) is 17.7 Å². The summed E-state index contributed by atoms with van der Waals surface area (Å²) in [4.78, 5) is 11.1. The Kier molecular flexibility index (Phi) is 4.16. The van der Waals surface area contributed by atoms with Crippen molar-refractivity contribution < 1.29 is 18.3 Å². The van der Waals surface area contributed by atoms with Crippen LogP contribution in [0.25, 0.3) is 0 Å². The molecule has 1 aliphatic rings. The van der Waals surface area contributed by atoms with Crippen LogP contribution < -0.4 is 10.1 Å². The van der Waals surface area contributed by atoms with Crippen LogP contribution in [-0.4, -0.2) is 18.6 Å². The van der Waals surface area contributed by atoms with Crippen LogP contribution in [0, 0.1) is 0 Å². The molecule has 18 heavy (non-hydrogen) atoms. The highest BCUT2D eigenvalue weighted by Gasteiger charge is 2.22. The summed E-state index contributed by atoms with van der Waals surface area (Å²) < 4.78 is 29.8. The second kappa shape index (κ2) is 5.65. The van der Waals surface area contributed by atoms with Gasteiger partial charge >= 0.3 is 6.61 Å². The maximum absolute atomic E-state index is 12.3.